The van der Waals surface area contributed by atoms with Crippen molar-refractivity contribution in [1.82, 2.24) is 19.8 Å². The number of hydrogen-bond acceptors (Lipinski definition) is 4. The van der Waals surface area contributed by atoms with Crippen molar-refractivity contribution in [3.8, 4) is 0 Å². The van der Waals surface area contributed by atoms with E-state index in [0.29, 0.717) is 12.4 Å². The van der Waals surface area contributed by atoms with E-state index in [9.17, 15) is 9.59 Å². The van der Waals surface area contributed by atoms with Crippen molar-refractivity contribution >= 4 is 5.91 Å². The standard InChI is InChI=1S/C21H28N4O2/c1-4-15(2)22-20(26)14-25-16(3)23-19-10-11-24(13-18(19)21(25)27)12-17-8-6-5-7-9-17/h5-9,15H,4,10-14H2,1-3H3,(H,22,26)/t15-/m0/s1. The fourth-order valence-corrected chi connectivity index (χ4v) is 3.42. The summed E-state index contributed by atoms with van der Waals surface area (Å²) < 4.78 is 1.50. The number of aryl methyl sites for hydroxylation is 1. The van der Waals surface area contributed by atoms with Crippen LogP contribution in [0.25, 0.3) is 0 Å². The Bertz CT molecular complexity index is 860. The maximum Gasteiger partial charge on any atom is 0.258 e. The number of amides is 1. The zero-order chi connectivity index (χ0) is 19.4. The van der Waals surface area contributed by atoms with E-state index < -0.39 is 0 Å². The monoisotopic (exact) mass is 368 g/mol. The molecule has 0 aliphatic carbocycles. The first-order valence-electron chi connectivity index (χ1n) is 9.62. The summed E-state index contributed by atoms with van der Waals surface area (Å²) in [5.41, 5.74) is 2.74. The van der Waals surface area contributed by atoms with Crippen LogP contribution in [0.5, 0.6) is 0 Å². The first-order valence-corrected chi connectivity index (χ1v) is 9.62. The zero-order valence-corrected chi connectivity index (χ0v) is 16.4. The predicted octanol–water partition coefficient (Wildman–Crippen LogP) is 2.02. The normalized spacial score (nSPS) is 15.2. The number of nitrogens with zero attached hydrogens (tertiary/aromatic N) is 3. The predicted molar refractivity (Wildman–Crippen MR) is 105 cm³/mol. The van der Waals surface area contributed by atoms with Gasteiger partial charge < -0.3 is 5.32 Å². The lowest BCUT2D eigenvalue weighted by molar-refractivity contribution is -0.122. The van der Waals surface area contributed by atoms with Crippen molar-refractivity contribution in [1.29, 1.82) is 0 Å². The summed E-state index contributed by atoms with van der Waals surface area (Å²) in [4.78, 5) is 32.2. The molecule has 1 aliphatic rings. The fraction of sp³-hybridized carbons (Fsp3) is 0.476. The van der Waals surface area contributed by atoms with E-state index in [1.165, 1.54) is 10.1 Å². The molecule has 0 spiro atoms. The lowest BCUT2D eigenvalue weighted by Gasteiger charge is -2.28. The summed E-state index contributed by atoms with van der Waals surface area (Å²) in [5, 5.41) is 2.92. The Hall–Kier alpha value is -2.47. The lowest BCUT2D eigenvalue weighted by Crippen LogP contribution is -2.42. The Morgan fingerprint density at radius 2 is 2.04 bits per heavy atom. The van der Waals surface area contributed by atoms with Gasteiger partial charge in [-0.3, -0.25) is 19.1 Å². The van der Waals surface area contributed by atoms with E-state index in [4.69, 9.17) is 0 Å². The number of nitrogens with one attached hydrogen (secondary N) is 1. The van der Waals surface area contributed by atoms with Crippen LogP contribution in [-0.2, 0) is 30.8 Å². The van der Waals surface area contributed by atoms with E-state index >= 15 is 0 Å². The van der Waals surface area contributed by atoms with Gasteiger partial charge in [-0.1, -0.05) is 37.3 Å². The Morgan fingerprint density at radius 1 is 1.30 bits per heavy atom. The summed E-state index contributed by atoms with van der Waals surface area (Å²) >= 11 is 0. The van der Waals surface area contributed by atoms with Gasteiger partial charge in [-0.2, -0.15) is 0 Å². The first-order chi connectivity index (χ1) is 13.0. The summed E-state index contributed by atoms with van der Waals surface area (Å²) in [5.74, 6) is 0.461. The third-order valence-corrected chi connectivity index (χ3v) is 5.16. The second kappa shape index (κ2) is 8.48. The average Bonchev–Trinajstić information content (AvgIpc) is 2.66. The van der Waals surface area contributed by atoms with Crippen molar-refractivity contribution in [2.75, 3.05) is 6.54 Å². The molecule has 2 aromatic rings. The van der Waals surface area contributed by atoms with Gasteiger partial charge in [0.1, 0.15) is 12.4 Å². The van der Waals surface area contributed by atoms with Crippen LogP contribution in [0.3, 0.4) is 0 Å². The van der Waals surface area contributed by atoms with Crippen molar-refractivity contribution in [3.05, 3.63) is 63.3 Å². The molecule has 1 aromatic carbocycles. The number of rotatable bonds is 6. The smallest absolute Gasteiger partial charge is 0.258 e. The Balaban J connectivity index is 1.79. The van der Waals surface area contributed by atoms with Crippen LogP contribution < -0.4 is 10.9 Å². The summed E-state index contributed by atoms with van der Waals surface area (Å²) in [6.45, 7) is 8.06. The molecule has 3 rings (SSSR count). The van der Waals surface area contributed by atoms with E-state index in [-0.39, 0.29) is 24.1 Å². The van der Waals surface area contributed by atoms with Gasteiger partial charge in [0, 0.05) is 32.1 Å². The summed E-state index contributed by atoms with van der Waals surface area (Å²) in [6.07, 6.45) is 1.62. The molecule has 0 bridgehead atoms. The maximum absolute atomic E-state index is 13.0. The van der Waals surface area contributed by atoms with Crippen molar-refractivity contribution in [2.45, 2.75) is 59.3 Å². The lowest BCUT2D eigenvalue weighted by atomic mass is 10.1. The van der Waals surface area contributed by atoms with Gasteiger partial charge >= 0.3 is 0 Å². The van der Waals surface area contributed by atoms with Gasteiger partial charge in [-0.05, 0) is 25.8 Å². The Labute approximate surface area is 160 Å². The van der Waals surface area contributed by atoms with Crippen molar-refractivity contribution < 1.29 is 4.79 Å². The molecular weight excluding hydrogens is 340 g/mol. The molecule has 0 radical (unpaired) electrons. The van der Waals surface area contributed by atoms with E-state index in [1.807, 2.05) is 32.0 Å². The minimum atomic E-state index is -0.145. The summed E-state index contributed by atoms with van der Waals surface area (Å²) in [6, 6.07) is 10.4. The number of benzene rings is 1. The highest BCUT2D eigenvalue weighted by molar-refractivity contribution is 5.76. The third kappa shape index (κ3) is 4.63. The van der Waals surface area contributed by atoms with Crippen molar-refractivity contribution in [2.24, 2.45) is 0 Å². The van der Waals surface area contributed by atoms with E-state index in [0.717, 1.165) is 37.2 Å². The quantitative estimate of drug-likeness (QED) is 0.847. The molecular formula is C21H28N4O2. The van der Waals surface area contributed by atoms with Crippen LogP contribution in [-0.4, -0.2) is 32.9 Å². The number of carbonyl (C=O) groups excluding carboxylic acids is 1. The molecule has 2 heterocycles. The van der Waals surface area contributed by atoms with E-state index in [2.05, 4.69) is 27.3 Å². The largest absolute Gasteiger partial charge is 0.352 e. The van der Waals surface area contributed by atoms with Gasteiger partial charge in [0.15, 0.2) is 0 Å². The molecule has 6 heteroatoms. The van der Waals surface area contributed by atoms with Gasteiger partial charge in [-0.15, -0.1) is 0 Å². The van der Waals surface area contributed by atoms with E-state index in [1.54, 1.807) is 6.92 Å². The van der Waals surface area contributed by atoms with Gasteiger partial charge in [0.05, 0.1) is 11.3 Å². The second-order valence-electron chi connectivity index (χ2n) is 7.30. The zero-order valence-electron chi connectivity index (χ0n) is 16.4. The molecule has 0 fully saturated rings. The SMILES string of the molecule is CC[C@H](C)NC(=O)Cn1c(C)nc2c(c1=O)CN(Cc1ccccc1)CC2. The molecule has 1 aromatic heterocycles. The van der Waals surface area contributed by atoms with Crippen LogP contribution in [0.2, 0.25) is 0 Å². The molecule has 0 saturated carbocycles. The molecule has 1 aliphatic heterocycles. The van der Waals surface area contributed by atoms with Gasteiger partial charge in [-0.25, -0.2) is 4.98 Å². The molecule has 6 nitrogen and oxygen atoms in total. The van der Waals surface area contributed by atoms with Gasteiger partial charge in [0.2, 0.25) is 5.91 Å². The molecule has 0 saturated heterocycles. The van der Waals surface area contributed by atoms with Gasteiger partial charge in [0.25, 0.3) is 5.56 Å². The minimum Gasteiger partial charge on any atom is -0.352 e. The average molecular weight is 368 g/mol. The maximum atomic E-state index is 13.0. The number of fused-ring (bicyclic) bond motifs is 1. The summed E-state index contributed by atoms with van der Waals surface area (Å²) in [7, 11) is 0. The first kappa shape index (κ1) is 19.3. The van der Waals surface area contributed by atoms with Crippen LogP contribution in [0.15, 0.2) is 35.1 Å². The fourth-order valence-electron chi connectivity index (χ4n) is 3.42. The van der Waals surface area contributed by atoms with Crippen LogP contribution in [0.1, 0.15) is 42.9 Å². The minimum absolute atomic E-state index is 0.0218. The molecule has 1 amide bonds. The van der Waals surface area contributed by atoms with Crippen LogP contribution >= 0.6 is 0 Å². The number of carbonyl (C=O) groups is 1. The Morgan fingerprint density at radius 3 is 2.74 bits per heavy atom. The number of hydrogen-bond donors (Lipinski definition) is 1. The molecule has 1 atom stereocenters. The molecule has 1 N–H and O–H groups in total. The topological polar surface area (TPSA) is 67.2 Å². The molecule has 27 heavy (non-hydrogen) atoms. The Kier molecular flexibility index (Phi) is 6.06. The van der Waals surface area contributed by atoms with Crippen LogP contribution in [0, 0.1) is 6.92 Å². The number of aromatic nitrogens is 2. The highest BCUT2D eigenvalue weighted by atomic mass is 16.2. The second-order valence-corrected chi connectivity index (χ2v) is 7.30. The highest BCUT2D eigenvalue weighted by Crippen LogP contribution is 2.17. The highest BCUT2D eigenvalue weighted by Gasteiger charge is 2.23. The van der Waals surface area contributed by atoms with Crippen molar-refractivity contribution in [3.63, 3.8) is 0 Å². The molecule has 144 valence electrons. The molecule has 0 unspecified atom stereocenters. The third-order valence-electron chi connectivity index (χ3n) is 5.16. The van der Waals surface area contributed by atoms with Crippen LogP contribution in [0.4, 0.5) is 0 Å².